The van der Waals surface area contributed by atoms with Crippen molar-refractivity contribution in [3.63, 3.8) is 0 Å². The van der Waals surface area contributed by atoms with Gasteiger partial charge in [-0.2, -0.15) is 0 Å². The second-order valence-electron chi connectivity index (χ2n) is 4.49. The minimum absolute atomic E-state index is 0.0801. The van der Waals surface area contributed by atoms with Crippen LogP contribution in [0.5, 0.6) is 0 Å². The molecule has 18 heavy (non-hydrogen) atoms. The first-order chi connectivity index (χ1) is 8.34. The Morgan fingerprint density at radius 2 is 1.89 bits per heavy atom. The maximum Gasteiger partial charge on any atom is 0.339 e. The van der Waals surface area contributed by atoms with Gasteiger partial charge in [-0.05, 0) is 18.1 Å². The molecule has 0 aliphatic rings. The molecule has 0 aliphatic carbocycles. The second kappa shape index (κ2) is 5.87. The monoisotopic (exact) mass is 269 g/mol. The van der Waals surface area contributed by atoms with E-state index in [2.05, 4.69) is 5.32 Å². The molecule has 0 spiro atoms. The van der Waals surface area contributed by atoms with E-state index < -0.39 is 5.97 Å². The van der Waals surface area contributed by atoms with Gasteiger partial charge in [-0.25, -0.2) is 4.79 Å². The van der Waals surface area contributed by atoms with Crippen molar-refractivity contribution >= 4 is 29.2 Å². The van der Waals surface area contributed by atoms with E-state index in [1.54, 1.807) is 13.0 Å². The summed E-state index contributed by atoms with van der Waals surface area (Å²) in [7, 11) is 0. The van der Waals surface area contributed by atoms with Gasteiger partial charge in [0.05, 0.1) is 10.7 Å². The lowest BCUT2D eigenvalue weighted by molar-refractivity contribution is -0.120. The van der Waals surface area contributed by atoms with E-state index in [0.717, 1.165) is 0 Å². The first-order valence-corrected chi connectivity index (χ1v) is 6.05. The molecule has 1 aromatic rings. The lowest BCUT2D eigenvalue weighted by Gasteiger charge is -2.16. The Morgan fingerprint density at radius 3 is 2.39 bits per heavy atom. The summed E-state index contributed by atoms with van der Waals surface area (Å²) in [4.78, 5) is 23.0. The molecule has 0 aromatic heterocycles. The molecule has 98 valence electrons. The minimum atomic E-state index is -1.16. The zero-order chi connectivity index (χ0) is 13.9. The Kier molecular flexibility index (Phi) is 4.73. The van der Waals surface area contributed by atoms with Gasteiger partial charge in [0.15, 0.2) is 0 Å². The molecule has 1 amide bonds. The molecule has 1 aromatic carbocycles. The molecule has 1 unspecified atom stereocenters. The highest BCUT2D eigenvalue weighted by atomic mass is 35.5. The first-order valence-electron chi connectivity index (χ1n) is 5.67. The molecule has 1 atom stereocenters. The quantitative estimate of drug-likeness (QED) is 0.882. The van der Waals surface area contributed by atoms with Crippen LogP contribution in [0, 0.1) is 11.8 Å². The van der Waals surface area contributed by atoms with E-state index in [9.17, 15) is 9.59 Å². The van der Waals surface area contributed by atoms with Gasteiger partial charge in [0, 0.05) is 5.92 Å². The Labute approximate surface area is 111 Å². The van der Waals surface area contributed by atoms with Gasteiger partial charge in [0.1, 0.15) is 5.56 Å². The SMILES string of the molecule is CC(C)C(C)C(=O)Nc1cccc(Cl)c1C(=O)O. The zero-order valence-electron chi connectivity index (χ0n) is 10.5. The molecular weight excluding hydrogens is 254 g/mol. The fourth-order valence-electron chi connectivity index (χ4n) is 1.39. The number of carboxylic acid groups (broad SMARTS) is 1. The van der Waals surface area contributed by atoms with Gasteiger partial charge in [-0.15, -0.1) is 0 Å². The first kappa shape index (κ1) is 14.5. The van der Waals surface area contributed by atoms with Gasteiger partial charge in [0.2, 0.25) is 5.91 Å². The number of hydrogen-bond acceptors (Lipinski definition) is 2. The molecule has 1 rings (SSSR count). The lowest BCUT2D eigenvalue weighted by atomic mass is 9.97. The Morgan fingerprint density at radius 1 is 1.28 bits per heavy atom. The summed E-state index contributed by atoms with van der Waals surface area (Å²) in [6.07, 6.45) is 0. The largest absolute Gasteiger partial charge is 0.478 e. The highest BCUT2D eigenvalue weighted by molar-refractivity contribution is 6.34. The number of hydrogen-bond donors (Lipinski definition) is 2. The molecule has 0 heterocycles. The van der Waals surface area contributed by atoms with Crippen LogP contribution in [-0.2, 0) is 4.79 Å². The smallest absolute Gasteiger partial charge is 0.339 e. The van der Waals surface area contributed by atoms with Crippen molar-refractivity contribution in [2.45, 2.75) is 20.8 Å². The minimum Gasteiger partial charge on any atom is -0.478 e. The van der Waals surface area contributed by atoms with E-state index in [-0.39, 0.29) is 34.0 Å². The van der Waals surface area contributed by atoms with Crippen molar-refractivity contribution in [2.75, 3.05) is 5.32 Å². The van der Waals surface area contributed by atoms with E-state index in [0.29, 0.717) is 0 Å². The van der Waals surface area contributed by atoms with Crippen LogP contribution >= 0.6 is 11.6 Å². The van der Waals surface area contributed by atoms with Crippen LogP contribution in [0.25, 0.3) is 0 Å². The van der Waals surface area contributed by atoms with Crippen LogP contribution in [0.15, 0.2) is 18.2 Å². The summed E-state index contributed by atoms with van der Waals surface area (Å²) in [5.41, 5.74) is 0.149. The number of carbonyl (C=O) groups excluding carboxylic acids is 1. The number of rotatable bonds is 4. The number of carboxylic acids is 1. The van der Waals surface area contributed by atoms with Gasteiger partial charge in [0.25, 0.3) is 0 Å². The molecule has 2 N–H and O–H groups in total. The molecule has 0 fully saturated rings. The predicted octanol–water partition coefficient (Wildman–Crippen LogP) is 3.27. The summed E-state index contributed by atoms with van der Waals surface area (Å²) in [5, 5.41) is 11.8. The highest BCUT2D eigenvalue weighted by Gasteiger charge is 2.20. The van der Waals surface area contributed by atoms with Crippen LogP contribution in [0.1, 0.15) is 31.1 Å². The molecule has 4 nitrogen and oxygen atoms in total. The molecule has 0 aliphatic heterocycles. The molecule has 0 radical (unpaired) electrons. The highest BCUT2D eigenvalue weighted by Crippen LogP contribution is 2.25. The Hall–Kier alpha value is -1.55. The average Bonchev–Trinajstić information content (AvgIpc) is 2.27. The average molecular weight is 270 g/mol. The standard InChI is InChI=1S/C13H16ClNO3/c1-7(2)8(3)12(16)15-10-6-4-5-9(14)11(10)13(17)18/h4-8H,1-3H3,(H,15,16)(H,17,18). The van der Waals surface area contributed by atoms with Gasteiger partial charge in [-0.3, -0.25) is 4.79 Å². The van der Waals surface area contributed by atoms with Crippen LogP contribution in [0.3, 0.4) is 0 Å². The van der Waals surface area contributed by atoms with Gasteiger partial charge in [-0.1, -0.05) is 38.4 Å². The topological polar surface area (TPSA) is 66.4 Å². The van der Waals surface area contributed by atoms with Crippen molar-refractivity contribution in [3.05, 3.63) is 28.8 Å². The number of aromatic carboxylic acids is 1. The summed E-state index contributed by atoms with van der Waals surface area (Å²) < 4.78 is 0. The van der Waals surface area contributed by atoms with Crippen molar-refractivity contribution in [2.24, 2.45) is 11.8 Å². The van der Waals surface area contributed by atoms with Crippen molar-refractivity contribution in [1.82, 2.24) is 0 Å². The van der Waals surface area contributed by atoms with Crippen molar-refractivity contribution in [1.29, 1.82) is 0 Å². The number of halogens is 1. The third kappa shape index (κ3) is 3.23. The molecule has 0 saturated carbocycles. The van der Waals surface area contributed by atoms with Crippen molar-refractivity contribution in [3.8, 4) is 0 Å². The predicted molar refractivity (Wildman–Crippen MR) is 71.0 cm³/mol. The van der Waals surface area contributed by atoms with E-state index >= 15 is 0 Å². The Balaban J connectivity index is 3.02. The van der Waals surface area contributed by atoms with E-state index in [1.807, 2.05) is 13.8 Å². The zero-order valence-corrected chi connectivity index (χ0v) is 11.3. The molecular formula is C13H16ClNO3. The van der Waals surface area contributed by atoms with E-state index in [1.165, 1.54) is 12.1 Å². The molecule has 0 bridgehead atoms. The second-order valence-corrected chi connectivity index (χ2v) is 4.90. The van der Waals surface area contributed by atoms with Crippen LogP contribution in [0.4, 0.5) is 5.69 Å². The fourth-order valence-corrected chi connectivity index (χ4v) is 1.65. The normalized spacial score (nSPS) is 12.3. The summed E-state index contributed by atoms with van der Waals surface area (Å²) in [6, 6.07) is 4.61. The summed E-state index contributed by atoms with van der Waals surface area (Å²) in [5.74, 6) is -1.40. The van der Waals surface area contributed by atoms with Crippen molar-refractivity contribution < 1.29 is 14.7 Å². The number of benzene rings is 1. The number of amides is 1. The maximum atomic E-state index is 11.9. The third-order valence-corrected chi connectivity index (χ3v) is 3.21. The van der Waals surface area contributed by atoms with Crippen LogP contribution in [0.2, 0.25) is 5.02 Å². The van der Waals surface area contributed by atoms with E-state index in [4.69, 9.17) is 16.7 Å². The number of carbonyl (C=O) groups is 2. The van der Waals surface area contributed by atoms with Gasteiger partial charge < -0.3 is 10.4 Å². The lowest BCUT2D eigenvalue weighted by Crippen LogP contribution is -2.25. The maximum absolute atomic E-state index is 11.9. The number of anilines is 1. The summed E-state index contributed by atoms with van der Waals surface area (Å²) in [6.45, 7) is 5.66. The fraction of sp³-hybridized carbons (Fsp3) is 0.385. The third-order valence-electron chi connectivity index (χ3n) is 2.90. The van der Waals surface area contributed by atoms with Crippen LogP contribution in [-0.4, -0.2) is 17.0 Å². The summed E-state index contributed by atoms with van der Waals surface area (Å²) >= 11 is 5.82. The van der Waals surface area contributed by atoms with Gasteiger partial charge >= 0.3 is 5.97 Å². The molecule has 5 heteroatoms. The molecule has 0 saturated heterocycles. The number of nitrogens with one attached hydrogen (secondary N) is 1. The van der Waals surface area contributed by atoms with Crippen LogP contribution < -0.4 is 5.32 Å². The Bertz CT molecular complexity index is 471.